The van der Waals surface area contributed by atoms with E-state index in [1.807, 2.05) is 6.20 Å². The van der Waals surface area contributed by atoms with Crippen LogP contribution in [0.25, 0.3) is 0 Å². The van der Waals surface area contributed by atoms with Gasteiger partial charge in [0.25, 0.3) is 0 Å². The Morgan fingerprint density at radius 2 is 2.10 bits per heavy atom. The van der Waals surface area contributed by atoms with Crippen LogP contribution in [-0.4, -0.2) is 29.1 Å². The molecular formula is C17H30N4. The topological polar surface area (TPSA) is 41.1 Å². The summed E-state index contributed by atoms with van der Waals surface area (Å²) in [4.78, 5) is 11.7. The van der Waals surface area contributed by atoms with Gasteiger partial charge in [0.15, 0.2) is 0 Å². The molecule has 4 nitrogen and oxygen atoms in total. The van der Waals surface area contributed by atoms with Gasteiger partial charge in [-0.05, 0) is 24.7 Å². The van der Waals surface area contributed by atoms with Crippen LogP contribution in [0.3, 0.4) is 0 Å². The predicted molar refractivity (Wildman–Crippen MR) is 88.5 cm³/mol. The number of aryl methyl sites for hydroxylation is 1. The van der Waals surface area contributed by atoms with Gasteiger partial charge in [-0.1, -0.05) is 34.6 Å². The lowest BCUT2D eigenvalue weighted by Crippen LogP contribution is -2.27. The summed E-state index contributed by atoms with van der Waals surface area (Å²) in [6.07, 6.45) is 3.22. The second-order valence-electron chi connectivity index (χ2n) is 7.61. The third-order valence-electron chi connectivity index (χ3n) is 4.46. The first-order chi connectivity index (χ1) is 9.77. The Labute approximate surface area is 129 Å². The molecule has 0 saturated carbocycles. The molecule has 1 aliphatic rings. The molecule has 1 atom stereocenters. The molecule has 0 radical (unpaired) electrons. The van der Waals surface area contributed by atoms with Gasteiger partial charge in [0.1, 0.15) is 0 Å². The number of hydrogen-bond acceptors (Lipinski definition) is 4. The summed E-state index contributed by atoms with van der Waals surface area (Å²) in [6, 6.07) is 0.482. The number of nitrogens with zero attached hydrogens (tertiary/aromatic N) is 3. The van der Waals surface area contributed by atoms with E-state index in [-0.39, 0.29) is 0 Å². The molecule has 118 valence electrons. The van der Waals surface area contributed by atoms with Gasteiger partial charge >= 0.3 is 0 Å². The average molecular weight is 290 g/mol. The molecule has 0 aromatic carbocycles. The van der Waals surface area contributed by atoms with Crippen molar-refractivity contribution < 1.29 is 0 Å². The van der Waals surface area contributed by atoms with E-state index in [1.165, 1.54) is 12.0 Å². The van der Waals surface area contributed by atoms with E-state index in [1.54, 1.807) is 0 Å². The zero-order valence-electron chi connectivity index (χ0n) is 14.4. The van der Waals surface area contributed by atoms with Crippen LogP contribution in [0, 0.1) is 18.3 Å². The highest BCUT2D eigenvalue weighted by molar-refractivity contribution is 5.34. The van der Waals surface area contributed by atoms with Crippen LogP contribution in [0.5, 0.6) is 0 Å². The molecule has 0 spiro atoms. The molecule has 1 fully saturated rings. The fourth-order valence-electron chi connectivity index (χ4n) is 2.77. The van der Waals surface area contributed by atoms with Gasteiger partial charge in [-0.15, -0.1) is 0 Å². The molecule has 21 heavy (non-hydrogen) atoms. The van der Waals surface area contributed by atoms with E-state index in [4.69, 9.17) is 4.98 Å². The highest BCUT2D eigenvalue weighted by atomic mass is 15.3. The van der Waals surface area contributed by atoms with E-state index in [9.17, 15) is 0 Å². The maximum absolute atomic E-state index is 4.72. The van der Waals surface area contributed by atoms with Gasteiger partial charge in [-0.2, -0.15) is 0 Å². The molecule has 1 saturated heterocycles. The summed E-state index contributed by atoms with van der Waals surface area (Å²) in [5.41, 5.74) is 2.65. The molecule has 0 aliphatic carbocycles. The lowest BCUT2D eigenvalue weighted by atomic mass is 9.80. The van der Waals surface area contributed by atoms with E-state index >= 15 is 0 Å². The standard InChI is InChI=1S/C17H30N4/c1-12(2)18-9-14-10-19-16(20-13(14)3)21-8-7-15(11-21)17(4,5)6/h10,12,15,18H,7-9,11H2,1-6H3. The van der Waals surface area contributed by atoms with Gasteiger partial charge in [-0.3, -0.25) is 0 Å². The third-order valence-corrected chi connectivity index (χ3v) is 4.46. The van der Waals surface area contributed by atoms with Gasteiger partial charge < -0.3 is 10.2 Å². The summed E-state index contributed by atoms with van der Waals surface area (Å²) in [5.74, 6) is 1.62. The number of nitrogens with one attached hydrogen (secondary N) is 1. The van der Waals surface area contributed by atoms with Crippen LogP contribution in [0.1, 0.15) is 52.3 Å². The van der Waals surface area contributed by atoms with Crippen LogP contribution >= 0.6 is 0 Å². The minimum Gasteiger partial charge on any atom is -0.341 e. The molecule has 4 heteroatoms. The van der Waals surface area contributed by atoms with Crippen molar-refractivity contribution >= 4 is 5.95 Å². The second kappa shape index (κ2) is 6.30. The largest absolute Gasteiger partial charge is 0.341 e. The normalized spacial score (nSPS) is 19.6. The number of hydrogen-bond donors (Lipinski definition) is 1. The fourth-order valence-corrected chi connectivity index (χ4v) is 2.77. The molecule has 0 bridgehead atoms. The zero-order valence-corrected chi connectivity index (χ0v) is 14.4. The second-order valence-corrected chi connectivity index (χ2v) is 7.61. The number of aromatic nitrogens is 2. The molecule has 1 aromatic heterocycles. The quantitative estimate of drug-likeness (QED) is 0.925. The van der Waals surface area contributed by atoms with Crippen LogP contribution in [0.4, 0.5) is 5.95 Å². The first-order valence-electron chi connectivity index (χ1n) is 8.08. The summed E-state index contributed by atoms with van der Waals surface area (Å²) in [6.45, 7) is 16.4. The predicted octanol–water partition coefficient (Wildman–Crippen LogP) is 3.16. The first-order valence-corrected chi connectivity index (χ1v) is 8.08. The van der Waals surface area contributed by atoms with Crippen LogP contribution in [0.15, 0.2) is 6.20 Å². The Kier molecular flexibility index (Phi) is 4.87. The lowest BCUT2D eigenvalue weighted by molar-refractivity contribution is 0.263. The van der Waals surface area contributed by atoms with Crippen molar-refractivity contribution in [2.24, 2.45) is 11.3 Å². The summed E-state index contributed by atoms with van der Waals surface area (Å²) in [5, 5.41) is 3.42. The smallest absolute Gasteiger partial charge is 0.225 e. The first kappa shape index (κ1) is 16.2. The number of rotatable bonds is 4. The van der Waals surface area contributed by atoms with Crippen molar-refractivity contribution in [2.45, 2.75) is 60.5 Å². The van der Waals surface area contributed by atoms with E-state index in [0.717, 1.165) is 37.2 Å². The zero-order chi connectivity index (χ0) is 15.6. The van der Waals surface area contributed by atoms with Crippen molar-refractivity contribution in [1.29, 1.82) is 0 Å². The monoisotopic (exact) mass is 290 g/mol. The minimum absolute atomic E-state index is 0.366. The van der Waals surface area contributed by atoms with Gasteiger partial charge in [0.05, 0.1) is 0 Å². The summed E-state index contributed by atoms with van der Waals surface area (Å²) >= 11 is 0. The fraction of sp³-hybridized carbons (Fsp3) is 0.765. The molecule has 1 aliphatic heterocycles. The Morgan fingerprint density at radius 1 is 1.38 bits per heavy atom. The van der Waals surface area contributed by atoms with Crippen LogP contribution in [-0.2, 0) is 6.54 Å². The summed E-state index contributed by atoms with van der Waals surface area (Å²) < 4.78 is 0. The van der Waals surface area contributed by atoms with Crippen molar-refractivity contribution in [2.75, 3.05) is 18.0 Å². The highest BCUT2D eigenvalue weighted by Crippen LogP contribution is 2.34. The van der Waals surface area contributed by atoms with Crippen molar-refractivity contribution in [1.82, 2.24) is 15.3 Å². The van der Waals surface area contributed by atoms with E-state index in [2.05, 4.69) is 56.7 Å². The SMILES string of the molecule is Cc1nc(N2CCC(C(C)(C)C)C2)ncc1CNC(C)C. The van der Waals surface area contributed by atoms with Gasteiger partial charge in [-0.25, -0.2) is 9.97 Å². The molecule has 1 unspecified atom stereocenters. The van der Waals surface area contributed by atoms with E-state index < -0.39 is 0 Å². The Morgan fingerprint density at radius 3 is 2.62 bits per heavy atom. The molecule has 1 aromatic rings. The molecule has 0 amide bonds. The van der Waals surface area contributed by atoms with E-state index in [0.29, 0.717) is 11.5 Å². The maximum Gasteiger partial charge on any atom is 0.225 e. The lowest BCUT2D eigenvalue weighted by Gasteiger charge is -2.27. The molecule has 1 N–H and O–H groups in total. The van der Waals surface area contributed by atoms with Crippen molar-refractivity contribution in [3.05, 3.63) is 17.5 Å². The highest BCUT2D eigenvalue weighted by Gasteiger charge is 2.32. The molecule has 2 heterocycles. The average Bonchev–Trinajstić information content (AvgIpc) is 2.86. The number of anilines is 1. The van der Waals surface area contributed by atoms with Crippen molar-refractivity contribution in [3.8, 4) is 0 Å². The molecule has 2 rings (SSSR count). The third kappa shape index (κ3) is 4.16. The van der Waals surface area contributed by atoms with Crippen LogP contribution in [0.2, 0.25) is 0 Å². The Balaban J connectivity index is 2.04. The summed E-state index contributed by atoms with van der Waals surface area (Å²) in [7, 11) is 0. The van der Waals surface area contributed by atoms with Gasteiger partial charge in [0.2, 0.25) is 5.95 Å². The molecular weight excluding hydrogens is 260 g/mol. The van der Waals surface area contributed by atoms with Gasteiger partial charge in [0, 0.05) is 43.1 Å². The minimum atomic E-state index is 0.366. The Bertz CT molecular complexity index is 476. The van der Waals surface area contributed by atoms with Crippen molar-refractivity contribution in [3.63, 3.8) is 0 Å². The Hall–Kier alpha value is -1.16. The van der Waals surface area contributed by atoms with Crippen LogP contribution < -0.4 is 10.2 Å². The maximum atomic E-state index is 4.72.